The quantitative estimate of drug-likeness (QED) is 0.229. The van der Waals surface area contributed by atoms with Crippen molar-refractivity contribution in [2.75, 3.05) is 0 Å². The standard InChI is InChI=1S/C34H22N2/c1-2-12-25(13-3-1)35-21-20-30-31(35)19-18-29-28-16-8-9-17-32(28)36(34(29)30)33-26-14-6-4-10-23(26)22-24-11-5-7-15-27(24)33/h1-22H. The lowest BCUT2D eigenvalue weighted by atomic mass is 10.0. The van der Waals surface area contributed by atoms with E-state index in [0.29, 0.717) is 0 Å². The van der Waals surface area contributed by atoms with Gasteiger partial charge in [-0.2, -0.15) is 0 Å². The third kappa shape index (κ3) is 2.61. The lowest BCUT2D eigenvalue weighted by molar-refractivity contribution is 1.13. The highest BCUT2D eigenvalue weighted by Crippen LogP contribution is 2.41. The molecule has 36 heavy (non-hydrogen) atoms. The predicted octanol–water partition coefficient (Wildman–Crippen LogP) is 9.03. The zero-order chi connectivity index (χ0) is 23.6. The Morgan fingerprint density at radius 1 is 0.417 bits per heavy atom. The van der Waals surface area contributed by atoms with E-state index in [9.17, 15) is 0 Å². The molecule has 6 aromatic carbocycles. The Hall–Kier alpha value is -4.82. The molecule has 0 N–H and O–H groups in total. The number of nitrogens with zero attached hydrogens (tertiary/aromatic N) is 2. The van der Waals surface area contributed by atoms with E-state index in [2.05, 4.69) is 143 Å². The Kier molecular flexibility index (Phi) is 3.97. The summed E-state index contributed by atoms with van der Waals surface area (Å²) in [5.41, 5.74) is 6.11. The highest BCUT2D eigenvalue weighted by Gasteiger charge is 2.19. The summed E-state index contributed by atoms with van der Waals surface area (Å²) < 4.78 is 4.80. The molecule has 0 unspecified atom stereocenters. The number of fused-ring (bicyclic) bond motifs is 7. The highest BCUT2D eigenvalue weighted by molar-refractivity contribution is 6.21. The van der Waals surface area contributed by atoms with E-state index in [1.807, 2.05) is 0 Å². The summed E-state index contributed by atoms with van der Waals surface area (Å²) >= 11 is 0. The van der Waals surface area contributed by atoms with Gasteiger partial charge in [0.25, 0.3) is 0 Å². The van der Waals surface area contributed by atoms with Crippen LogP contribution in [-0.2, 0) is 0 Å². The first-order valence-electron chi connectivity index (χ1n) is 12.4. The van der Waals surface area contributed by atoms with E-state index in [1.165, 1.54) is 65.6 Å². The summed E-state index contributed by atoms with van der Waals surface area (Å²) in [6, 6.07) is 46.0. The molecule has 0 saturated carbocycles. The first-order chi connectivity index (χ1) is 17.9. The lowest BCUT2D eigenvalue weighted by Gasteiger charge is -2.16. The molecule has 0 spiro atoms. The molecule has 2 aromatic heterocycles. The Bertz CT molecular complexity index is 2040. The van der Waals surface area contributed by atoms with Crippen molar-refractivity contribution in [3.8, 4) is 11.4 Å². The minimum absolute atomic E-state index is 1.17. The van der Waals surface area contributed by atoms with Gasteiger partial charge in [-0.3, -0.25) is 0 Å². The maximum Gasteiger partial charge on any atom is 0.0635 e. The van der Waals surface area contributed by atoms with Gasteiger partial charge in [0.1, 0.15) is 0 Å². The fourth-order valence-corrected chi connectivity index (χ4v) is 5.95. The average Bonchev–Trinajstić information content (AvgIpc) is 3.52. The first-order valence-corrected chi connectivity index (χ1v) is 12.4. The van der Waals surface area contributed by atoms with Crippen LogP contribution in [0.2, 0.25) is 0 Å². The zero-order valence-corrected chi connectivity index (χ0v) is 19.6. The number of benzene rings is 6. The topological polar surface area (TPSA) is 9.86 Å². The van der Waals surface area contributed by atoms with Gasteiger partial charge in [-0.1, -0.05) is 91.0 Å². The van der Waals surface area contributed by atoms with Crippen LogP contribution in [0.25, 0.3) is 65.6 Å². The van der Waals surface area contributed by atoms with Crippen LogP contribution in [0.15, 0.2) is 134 Å². The fraction of sp³-hybridized carbons (Fsp3) is 0. The molecule has 0 aliphatic carbocycles. The predicted molar refractivity (Wildman–Crippen MR) is 153 cm³/mol. The Labute approximate surface area is 208 Å². The van der Waals surface area contributed by atoms with E-state index >= 15 is 0 Å². The average molecular weight is 459 g/mol. The summed E-state index contributed by atoms with van der Waals surface area (Å²) in [5.74, 6) is 0. The largest absolute Gasteiger partial charge is 0.316 e. The molecule has 2 heterocycles. The van der Waals surface area contributed by atoms with Crippen LogP contribution in [0.3, 0.4) is 0 Å². The van der Waals surface area contributed by atoms with Crippen LogP contribution in [-0.4, -0.2) is 9.13 Å². The monoisotopic (exact) mass is 458 g/mol. The van der Waals surface area contributed by atoms with Gasteiger partial charge in [0.05, 0.1) is 22.2 Å². The summed E-state index contributed by atoms with van der Waals surface area (Å²) in [5, 5.41) is 8.85. The first kappa shape index (κ1) is 19.5. The molecular weight excluding hydrogens is 436 g/mol. The van der Waals surface area contributed by atoms with Crippen molar-refractivity contribution < 1.29 is 0 Å². The minimum atomic E-state index is 1.17. The van der Waals surface area contributed by atoms with Crippen LogP contribution in [0.4, 0.5) is 0 Å². The maximum absolute atomic E-state index is 2.51. The Morgan fingerprint density at radius 2 is 1.06 bits per heavy atom. The van der Waals surface area contributed by atoms with Gasteiger partial charge in [-0.15, -0.1) is 0 Å². The van der Waals surface area contributed by atoms with E-state index in [0.717, 1.165) is 0 Å². The second-order valence-corrected chi connectivity index (χ2v) is 9.44. The Morgan fingerprint density at radius 3 is 1.81 bits per heavy atom. The van der Waals surface area contributed by atoms with Gasteiger partial charge in [0.15, 0.2) is 0 Å². The number of hydrogen-bond acceptors (Lipinski definition) is 0. The van der Waals surface area contributed by atoms with Crippen molar-refractivity contribution in [2.45, 2.75) is 0 Å². The highest BCUT2D eigenvalue weighted by atomic mass is 15.0. The Balaban J connectivity index is 1.61. The van der Waals surface area contributed by atoms with Crippen molar-refractivity contribution in [1.82, 2.24) is 9.13 Å². The molecular formula is C34H22N2. The third-order valence-corrected chi connectivity index (χ3v) is 7.50. The van der Waals surface area contributed by atoms with E-state index in [-0.39, 0.29) is 0 Å². The summed E-state index contributed by atoms with van der Waals surface area (Å²) in [6.07, 6.45) is 2.20. The van der Waals surface area contributed by atoms with E-state index < -0.39 is 0 Å². The van der Waals surface area contributed by atoms with Gasteiger partial charge < -0.3 is 9.13 Å². The van der Waals surface area contributed by atoms with Crippen LogP contribution < -0.4 is 0 Å². The molecule has 0 radical (unpaired) electrons. The smallest absolute Gasteiger partial charge is 0.0635 e. The van der Waals surface area contributed by atoms with Gasteiger partial charge in [-0.05, 0) is 47.2 Å². The van der Waals surface area contributed by atoms with Crippen molar-refractivity contribution in [3.63, 3.8) is 0 Å². The number of aromatic nitrogens is 2. The molecule has 0 saturated heterocycles. The number of rotatable bonds is 2. The van der Waals surface area contributed by atoms with Gasteiger partial charge in [0, 0.05) is 38.8 Å². The van der Waals surface area contributed by atoms with Gasteiger partial charge >= 0.3 is 0 Å². The molecule has 0 fully saturated rings. The molecule has 2 heteroatoms. The van der Waals surface area contributed by atoms with Crippen LogP contribution in [0.1, 0.15) is 0 Å². The molecule has 0 atom stereocenters. The van der Waals surface area contributed by atoms with Crippen LogP contribution in [0.5, 0.6) is 0 Å². The second-order valence-electron chi connectivity index (χ2n) is 9.44. The molecule has 0 amide bonds. The number of para-hydroxylation sites is 2. The van der Waals surface area contributed by atoms with E-state index in [4.69, 9.17) is 0 Å². The third-order valence-electron chi connectivity index (χ3n) is 7.50. The fourth-order valence-electron chi connectivity index (χ4n) is 5.95. The molecule has 0 aliphatic rings. The van der Waals surface area contributed by atoms with Crippen molar-refractivity contribution in [2.24, 2.45) is 0 Å². The molecule has 8 aromatic rings. The molecule has 168 valence electrons. The zero-order valence-electron chi connectivity index (χ0n) is 19.6. The number of hydrogen-bond donors (Lipinski definition) is 0. The van der Waals surface area contributed by atoms with E-state index in [1.54, 1.807) is 0 Å². The van der Waals surface area contributed by atoms with Crippen LogP contribution in [0, 0.1) is 0 Å². The van der Waals surface area contributed by atoms with Crippen molar-refractivity contribution in [1.29, 1.82) is 0 Å². The maximum atomic E-state index is 2.51. The summed E-state index contributed by atoms with van der Waals surface area (Å²) in [6.45, 7) is 0. The minimum Gasteiger partial charge on any atom is -0.316 e. The summed E-state index contributed by atoms with van der Waals surface area (Å²) in [4.78, 5) is 0. The van der Waals surface area contributed by atoms with Crippen LogP contribution >= 0.6 is 0 Å². The normalized spacial score (nSPS) is 11.9. The molecule has 0 aliphatic heterocycles. The van der Waals surface area contributed by atoms with Gasteiger partial charge in [0.2, 0.25) is 0 Å². The summed E-state index contributed by atoms with van der Waals surface area (Å²) in [7, 11) is 0. The lowest BCUT2D eigenvalue weighted by Crippen LogP contribution is -1.98. The second kappa shape index (κ2) is 7.34. The molecule has 8 rings (SSSR count). The molecule has 0 bridgehead atoms. The van der Waals surface area contributed by atoms with Crippen molar-refractivity contribution in [3.05, 3.63) is 134 Å². The molecule has 2 nitrogen and oxygen atoms in total. The SMILES string of the molecule is c1ccc(-n2ccc3c2ccc2c4ccccc4n(-c4c5ccccc5cc5ccccc45)c23)cc1. The van der Waals surface area contributed by atoms with Crippen molar-refractivity contribution >= 4 is 54.3 Å². The van der Waals surface area contributed by atoms with Gasteiger partial charge in [-0.25, -0.2) is 0 Å².